The molecule has 4 rings (SSSR count). The van der Waals surface area contributed by atoms with Gasteiger partial charge in [-0.3, -0.25) is 0 Å². The van der Waals surface area contributed by atoms with E-state index in [0.29, 0.717) is 5.57 Å². The standard InChI is InChI=1S/C23H21N3OS/c1-17-2-6-19(7-3-17)22-16-28-23(25-22)20(15-24)14-18-4-8-21(9-5-18)26-10-12-27-13-11-26/h2-9,14,16H,10-13H2,1H3/b20-14+. The number of hydrogen-bond acceptors (Lipinski definition) is 5. The summed E-state index contributed by atoms with van der Waals surface area (Å²) in [7, 11) is 0. The van der Waals surface area contributed by atoms with Crippen molar-refractivity contribution in [2.24, 2.45) is 0 Å². The summed E-state index contributed by atoms with van der Waals surface area (Å²) in [5.74, 6) is 0. The van der Waals surface area contributed by atoms with Crippen LogP contribution >= 0.6 is 11.3 Å². The predicted molar refractivity (Wildman–Crippen MR) is 115 cm³/mol. The van der Waals surface area contributed by atoms with E-state index in [1.807, 2.05) is 11.5 Å². The van der Waals surface area contributed by atoms with Crippen molar-refractivity contribution in [2.75, 3.05) is 31.2 Å². The second-order valence-corrected chi connectivity index (χ2v) is 7.62. The van der Waals surface area contributed by atoms with Crippen molar-refractivity contribution in [3.05, 3.63) is 70.0 Å². The molecule has 140 valence electrons. The molecule has 3 aromatic rings. The summed E-state index contributed by atoms with van der Waals surface area (Å²) in [6, 6.07) is 18.9. The maximum Gasteiger partial charge on any atom is 0.134 e. The van der Waals surface area contributed by atoms with Gasteiger partial charge in [-0.2, -0.15) is 5.26 Å². The smallest absolute Gasteiger partial charge is 0.134 e. The summed E-state index contributed by atoms with van der Waals surface area (Å²) in [4.78, 5) is 6.99. The fraction of sp³-hybridized carbons (Fsp3) is 0.217. The van der Waals surface area contributed by atoms with Crippen LogP contribution in [0, 0.1) is 18.3 Å². The number of aromatic nitrogens is 1. The molecular weight excluding hydrogens is 366 g/mol. The Balaban J connectivity index is 1.54. The summed E-state index contributed by atoms with van der Waals surface area (Å²) in [5.41, 5.74) is 5.97. The molecule has 0 bridgehead atoms. The van der Waals surface area contributed by atoms with E-state index in [1.54, 1.807) is 0 Å². The van der Waals surface area contributed by atoms with Gasteiger partial charge < -0.3 is 9.64 Å². The molecule has 0 amide bonds. The van der Waals surface area contributed by atoms with Crippen molar-refractivity contribution >= 4 is 28.7 Å². The van der Waals surface area contributed by atoms with E-state index in [4.69, 9.17) is 4.74 Å². The molecule has 0 radical (unpaired) electrons. The number of hydrogen-bond donors (Lipinski definition) is 0. The highest BCUT2D eigenvalue weighted by atomic mass is 32.1. The van der Waals surface area contributed by atoms with Gasteiger partial charge >= 0.3 is 0 Å². The van der Waals surface area contributed by atoms with Gasteiger partial charge in [0.2, 0.25) is 0 Å². The minimum Gasteiger partial charge on any atom is -0.378 e. The number of thiazole rings is 1. The van der Waals surface area contributed by atoms with Crippen LogP contribution in [-0.2, 0) is 4.74 Å². The largest absolute Gasteiger partial charge is 0.378 e. The second-order valence-electron chi connectivity index (χ2n) is 6.76. The van der Waals surface area contributed by atoms with E-state index in [9.17, 15) is 5.26 Å². The lowest BCUT2D eigenvalue weighted by Gasteiger charge is -2.28. The highest BCUT2D eigenvalue weighted by molar-refractivity contribution is 7.11. The number of aryl methyl sites for hydroxylation is 1. The van der Waals surface area contributed by atoms with Gasteiger partial charge in [0.05, 0.1) is 24.5 Å². The second kappa shape index (κ2) is 8.39. The van der Waals surface area contributed by atoms with Crippen molar-refractivity contribution in [3.63, 3.8) is 0 Å². The van der Waals surface area contributed by atoms with E-state index < -0.39 is 0 Å². The SMILES string of the molecule is Cc1ccc(-c2csc(/C(C#N)=C/c3ccc(N4CCOCC4)cc3)n2)cc1. The molecule has 4 nitrogen and oxygen atoms in total. The molecule has 1 fully saturated rings. The molecule has 2 aromatic carbocycles. The number of morpholine rings is 1. The molecule has 1 aromatic heterocycles. The van der Waals surface area contributed by atoms with Crippen LogP contribution in [0.4, 0.5) is 5.69 Å². The van der Waals surface area contributed by atoms with Crippen LogP contribution in [0.5, 0.6) is 0 Å². The van der Waals surface area contributed by atoms with Gasteiger partial charge in [-0.05, 0) is 30.7 Å². The first-order valence-electron chi connectivity index (χ1n) is 9.30. The minimum atomic E-state index is 0.586. The Kier molecular flexibility index (Phi) is 5.52. The Morgan fingerprint density at radius 3 is 2.50 bits per heavy atom. The van der Waals surface area contributed by atoms with Crippen molar-refractivity contribution in [1.82, 2.24) is 4.98 Å². The normalized spacial score (nSPS) is 14.7. The zero-order valence-corrected chi connectivity index (χ0v) is 16.6. The molecule has 0 atom stereocenters. The van der Waals surface area contributed by atoms with E-state index in [0.717, 1.165) is 48.1 Å². The third kappa shape index (κ3) is 4.14. The van der Waals surface area contributed by atoms with Gasteiger partial charge in [0.25, 0.3) is 0 Å². The van der Waals surface area contributed by atoms with Crippen LogP contribution in [0.25, 0.3) is 22.9 Å². The van der Waals surface area contributed by atoms with Crippen LogP contribution in [0.15, 0.2) is 53.9 Å². The number of nitriles is 1. The van der Waals surface area contributed by atoms with E-state index in [2.05, 4.69) is 71.4 Å². The van der Waals surface area contributed by atoms with Crippen molar-refractivity contribution in [2.45, 2.75) is 6.92 Å². The lowest BCUT2D eigenvalue weighted by atomic mass is 10.1. The summed E-state index contributed by atoms with van der Waals surface area (Å²) in [5, 5.41) is 12.4. The molecule has 0 N–H and O–H groups in total. The quantitative estimate of drug-likeness (QED) is 0.590. The Morgan fingerprint density at radius 1 is 1.11 bits per heavy atom. The zero-order chi connectivity index (χ0) is 19.3. The predicted octanol–water partition coefficient (Wildman–Crippen LogP) is 5.02. The topological polar surface area (TPSA) is 49.2 Å². The van der Waals surface area contributed by atoms with Crippen molar-refractivity contribution < 1.29 is 4.74 Å². The van der Waals surface area contributed by atoms with Gasteiger partial charge in [0.1, 0.15) is 11.1 Å². The number of benzene rings is 2. The molecule has 0 spiro atoms. The molecule has 1 aliphatic rings. The Labute approximate surface area is 169 Å². The Morgan fingerprint density at radius 2 is 1.82 bits per heavy atom. The molecule has 0 unspecified atom stereocenters. The van der Waals surface area contributed by atoms with E-state index in [-0.39, 0.29) is 0 Å². The number of ether oxygens (including phenoxy) is 1. The lowest BCUT2D eigenvalue weighted by molar-refractivity contribution is 0.122. The fourth-order valence-electron chi connectivity index (χ4n) is 3.17. The molecule has 1 saturated heterocycles. The van der Waals surface area contributed by atoms with Crippen molar-refractivity contribution in [1.29, 1.82) is 5.26 Å². The number of allylic oxidation sites excluding steroid dienone is 1. The van der Waals surface area contributed by atoms with Gasteiger partial charge in [-0.1, -0.05) is 42.0 Å². The average molecular weight is 388 g/mol. The molecule has 0 saturated carbocycles. The highest BCUT2D eigenvalue weighted by Crippen LogP contribution is 2.28. The van der Waals surface area contributed by atoms with Gasteiger partial charge in [0.15, 0.2) is 0 Å². The third-order valence-corrected chi connectivity index (χ3v) is 5.66. The first kappa shape index (κ1) is 18.4. The van der Waals surface area contributed by atoms with Crippen LogP contribution in [0.2, 0.25) is 0 Å². The first-order chi connectivity index (χ1) is 13.7. The van der Waals surface area contributed by atoms with Gasteiger partial charge in [0, 0.05) is 29.7 Å². The number of nitrogens with zero attached hydrogens (tertiary/aromatic N) is 3. The first-order valence-corrected chi connectivity index (χ1v) is 10.2. The van der Waals surface area contributed by atoms with E-state index in [1.165, 1.54) is 22.6 Å². The summed E-state index contributed by atoms with van der Waals surface area (Å²) < 4.78 is 5.41. The lowest BCUT2D eigenvalue weighted by Crippen LogP contribution is -2.36. The van der Waals surface area contributed by atoms with Gasteiger partial charge in [-0.15, -0.1) is 11.3 Å². The molecule has 28 heavy (non-hydrogen) atoms. The highest BCUT2D eigenvalue weighted by Gasteiger charge is 2.12. The minimum absolute atomic E-state index is 0.586. The third-order valence-electron chi connectivity index (χ3n) is 4.78. The Bertz CT molecular complexity index is 1010. The maximum absolute atomic E-state index is 9.64. The summed E-state index contributed by atoms with van der Waals surface area (Å²) in [6.45, 7) is 5.44. The van der Waals surface area contributed by atoms with Crippen LogP contribution in [-0.4, -0.2) is 31.3 Å². The summed E-state index contributed by atoms with van der Waals surface area (Å²) >= 11 is 1.50. The van der Waals surface area contributed by atoms with Crippen LogP contribution in [0.1, 0.15) is 16.1 Å². The van der Waals surface area contributed by atoms with Crippen molar-refractivity contribution in [3.8, 4) is 17.3 Å². The van der Waals surface area contributed by atoms with Crippen LogP contribution in [0.3, 0.4) is 0 Å². The van der Waals surface area contributed by atoms with Crippen LogP contribution < -0.4 is 4.90 Å². The monoisotopic (exact) mass is 387 g/mol. The average Bonchev–Trinajstić information content (AvgIpc) is 3.23. The van der Waals surface area contributed by atoms with E-state index >= 15 is 0 Å². The molecule has 0 aliphatic carbocycles. The molecule has 1 aliphatic heterocycles. The zero-order valence-electron chi connectivity index (χ0n) is 15.8. The number of anilines is 1. The van der Waals surface area contributed by atoms with Gasteiger partial charge in [-0.25, -0.2) is 4.98 Å². The number of rotatable bonds is 4. The molecule has 2 heterocycles. The molecular formula is C23H21N3OS. The maximum atomic E-state index is 9.64. The summed E-state index contributed by atoms with van der Waals surface area (Å²) in [6.07, 6.45) is 1.90. The Hall–Kier alpha value is -2.94. The molecule has 5 heteroatoms. The fourth-order valence-corrected chi connectivity index (χ4v) is 3.96.